The van der Waals surface area contributed by atoms with Gasteiger partial charge in [-0.1, -0.05) is 0 Å². The third-order valence-corrected chi connectivity index (χ3v) is 4.56. The number of ether oxygens (including phenoxy) is 1. The number of piperidine rings is 1. The number of amides is 1. The first-order chi connectivity index (χ1) is 10.0. The van der Waals surface area contributed by atoms with E-state index in [2.05, 4.69) is 15.1 Å². The van der Waals surface area contributed by atoms with E-state index in [4.69, 9.17) is 4.74 Å². The van der Waals surface area contributed by atoms with Crippen molar-refractivity contribution >= 4 is 11.7 Å². The van der Waals surface area contributed by atoms with Gasteiger partial charge >= 0.3 is 0 Å². The summed E-state index contributed by atoms with van der Waals surface area (Å²) in [6.45, 7) is 4.10. The molecule has 2 saturated heterocycles. The Hall–Kier alpha value is -1.69. The highest BCUT2D eigenvalue weighted by Gasteiger charge is 2.54. The molecule has 1 aromatic heterocycles. The topological polar surface area (TPSA) is 58.6 Å². The number of aryl methyl sites for hydroxylation is 1. The molecule has 21 heavy (non-hydrogen) atoms. The molecule has 0 saturated carbocycles. The second kappa shape index (κ2) is 5.26. The van der Waals surface area contributed by atoms with Crippen molar-refractivity contribution in [1.29, 1.82) is 0 Å². The highest BCUT2D eigenvalue weighted by molar-refractivity contribution is 5.84. The molecule has 0 N–H and O–H groups in total. The third-order valence-electron chi connectivity index (χ3n) is 4.56. The molecule has 0 radical (unpaired) electrons. The van der Waals surface area contributed by atoms with Crippen LogP contribution in [0.2, 0.25) is 0 Å². The van der Waals surface area contributed by atoms with Gasteiger partial charge in [0, 0.05) is 33.8 Å². The van der Waals surface area contributed by atoms with Crippen LogP contribution in [0.3, 0.4) is 0 Å². The second-order valence-electron chi connectivity index (χ2n) is 6.21. The van der Waals surface area contributed by atoms with Gasteiger partial charge in [-0.15, -0.1) is 5.10 Å². The van der Waals surface area contributed by atoms with E-state index < -0.39 is 5.41 Å². The summed E-state index contributed by atoms with van der Waals surface area (Å²) in [5.41, 5.74) is 0.464. The zero-order valence-corrected chi connectivity index (χ0v) is 12.9. The Morgan fingerprint density at radius 2 is 2.24 bits per heavy atom. The molecule has 1 amide bonds. The van der Waals surface area contributed by atoms with Crippen molar-refractivity contribution in [2.24, 2.45) is 5.41 Å². The summed E-state index contributed by atoms with van der Waals surface area (Å²) in [4.78, 5) is 16.6. The Labute approximate surface area is 125 Å². The maximum Gasteiger partial charge on any atom is 0.232 e. The Morgan fingerprint density at radius 3 is 2.90 bits per heavy atom. The molecule has 114 valence electrons. The highest BCUT2D eigenvalue weighted by Crippen LogP contribution is 2.42. The molecular weight excluding hydrogens is 268 g/mol. The van der Waals surface area contributed by atoms with Crippen LogP contribution in [-0.4, -0.2) is 60.9 Å². The number of aromatic nitrogens is 2. The lowest BCUT2D eigenvalue weighted by Crippen LogP contribution is -2.57. The quantitative estimate of drug-likeness (QED) is 0.808. The number of carbonyl (C=O) groups is 1. The normalized spacial score (nSPS) is 28.3. The number of hydrogen-bond donors (Lipinski definition) is 0. The Morgan fingerprint density at radius 1 is 1.43 bits per heavy atom. The van der Waals surface area contributed by atoms with Crippen LogP contribution < -0.4 is 4.90 Å². The summed E-state index contributed by atoms with van der Waals surface area (Å²) >= 11 is 0. The van der Waals surface area contributed by atoms with Crippen molar-refractivity contribution < 1.29 is 9.53 Å². The predicted molar refractivity (Wildman–Crippen MR) is 79.1 cm³/mol. The molecule has 3 heterocycles. The van der Waals surface area contributed by atoms with E-state index >= 15 is 0 Å². The number of rotatable bonds is 2. The van der Waals surface area contributed by atoms with Gasteiger partial charge in [0.1, 0.15) is 0 Å². The maximum atomic E-state index is 12.7. The summed E-state index contributed by atoms with van der Waals surface area (Å²) in [5.74, 6) is 1.01. The van der Waals surface area contributed by atoms with E-state index in [1.54, 1.807) is 4.90 Å². The third kappa shape index (κ3) is 2.37. The lowest BCUT2D eigenvalue weighted by molar-refractivity contribution is -0.143. The fourth-order valence-electron chi connectivity index (χ4n) is 3.45. The molecule has 0 spiro atoms. The Kier molecular flexibility index (Phi) is 3.57. The van der Waals surface area contributed by atoms with E-state index in [1.165, 1.54) is 0 Å². The largest absolute Gasteiger partial charge is 0.377 e. The standard InChI is InChI=1S/C15H22N4O2/c1-11-4-5-13(17-16-11)19-8-6-12-15(10-19,7-9-21-12)14(20)18(2)3/h4-5,12H,6-10H2,1-3H3/t12-,15+/m1/s1. The van der Waals surface area contributed by atoms with Crippen molar-refractivity contribution in [3.05, 3.63) is 17.8 Å². The molecule has 1 aromatic rings. The maximum absolute atomic E-state index is 12.7. The molecular formula is C15H22N4O2. The van der Waals surface area contributed by atoms with Crippen LogP contribution in [0.1, 0.15) is 18.5 Å². The van der Waals surface area contributed by atoms with Crippen molar-refractivity contribution in [3.8, 4) is 0 Å². The van der Waals surface area contributed by atoms with Crippen molar-refractivity contribution in [3.63, 3.8) is 0 Å². The molecule has 6 heteroatoms. The summed E-state index contributed by atoms with van der Waals surface area (Å²) in [7, 11) is 3.63. The van der Waals surface area contributed by atoms with Crippen molar-refractivity contribution in [1.82, 2.24) is 15.1 Å². The molecule has 0 bridgehead atoms. The minimum absolute atomic E-state index is 0.0297. The average molecular weight is 290 g/mol. The molecule has 0 unspecified atom stereocenters. The molecule has 2 fully saturated rings. The second-order valence-corrected chi connectivity index (χ2v) is 6.21. The summed E-state index contributed by atoms with van der Waals surface area (Å²) in [5, 5.41) is 8.39. The number of anilines is 1. The monoisotopic (exact) mass is 290 g/mol. The van der Waals surface area contributed by atoms with E-state index in [-0.39, 0.29) is 12.0 Å². The predicted octanol–water partition coefficient (Wildman–Crippen LogP) is 0.859. The number of carbonyl (C=O) groups excluding carboxylic acids is 1. The van der Waals surface area contributed by atoms with Crippen LogP contribution in [0.4, 0.5) is 5.82 Å². The fourth-order valence-corrected chi connectivity index (χ4v) is 3.45. The van der Waals surface area contributed by atoms with Gasteiger partial charge < -0.3 is 14.5 Å². The molecule has 6 nitrogen and oxygen atoms in total. The zero-order valence-electron chi connectivity index (χ0n) is 12.9. The lowest BCUT2D eigenvalue weighted by atomic mass is 9.75. The summed E-state index contributed by atoms with van der Waals surface area (Å²) < 4.78 is 5.82. The Bertz CT molecular complexity index is 531. The first kappa shape index (κ1) is 14.3. The van der Waals surface area contributed by atoms with Gasteiger partial charge in [-0.05, 0) is 31.9 Å². The number of hydrogen-bond acceptors (Lipinski definition) is 5. The van der Waals surface area contributed by atoms with Crippen molar-refractivity contribution in [2.45, 2.75) is 25.9 Å². The molecule has 2 atom stereocenters. The summed E-state index contributed by atoms with van der Waals surface area (Å²) in [6, 6.07) is 3.94. The highest BCUT2D eigenvalue weighted by atomic mass is 16.5. The average Bonchev–Trinajstić information content (AvgIpc) is 2.91. The molecule has 0 aromatic carbocycles. The van der Waals surface area contributed by atoms with Gasteiger partial charge in [0.05, 0.1) is 17.2 Å². The van der Waals surface area contributed by atoms with Gasteiger partial charge in [-0.25, -0.2) is 0 Å². The molecule has 0 aliphatic carbocycles. The lowest BCUT2D eigenvalue weighted by Gasteiger charge is -2.43. The smallest absolute Gasteiger partial charge is 0.232 e. The van der Waals surface area contributed by atoms with Gasteiger partial charge in [-0.2, -0.15) is 5.10 Å². The Balaban J connectivity index is 1.88. The number of fused-ring (bicyclic) bond motifs is 1. The van der Waals surface area contributed by atoms with Gasteiger partial charge in [0.25, 0.3) is 0 Å². The number of nitrogens with zero attached hydrogens (tertiary/aromatic N) is 4. The van der Waals surface area contributed by atoms with Crippen LogP contribution in [0.15, 0.2) is 12.1 Å². The van der Waals surface area contributed by atoms with Gasteiger partial charge in [-0.3, -0.25) is 4.79 Å². The molecule has 2 aliphatic rings. The van der Waals surface area contributed by atoms with Gasteiger partial charge in [0.2, 0.25) is 5.91 Å². The first-order valence-electron chi connectivity index (χ1n) is 7.41. The van der Waals surface area contributed by atoms with Crippen LogP contribution in [0, 0.1) is 12.3 Å². The summed E-state index contributed by atoms with van der Waals surface area (Å²) in [6.07, 6.45) is 1.67. The van der Waals surface area contributed by atoms with E-state index in [0.29, 0.717) is 13.2 Å². The first-order valence-corrected chi connectivity index (χ1v) is 7.41. The van der Waals surface area contributed by atoms with Crippen LogP contribution in [0.5, 0.6) is 0 Å². The van der Waals surface area contributed by atoms with Crippen LogP contribution in [0.25, 0.3) is 0 Å². The van der Waals surface area contributed by atoms with Crippen LogP contribution in [-0.2, 0) is 9.53 Å². The molecule has 2 aliphatic heterocycles. The van der Waals surface area contributed by atoms with E-state index in [0.717, 1.165) is 30.9 Å². The van der Waals surface area contributed by atoms with Crippen LogP contribution >= 0.6 is 0 Å². The molecule has 3 rings (SSSR count). The van der Waals surface area contributed by atoms with E-state index in [9.17, 15) is 4.79 Å². The van der Waals surface area contributed by atoms with Crippen molar-refractivity contribution in [2.75, 3.05) is 38.7 Å². The van der Waals surface area contributed by atoms with E-state index in [1.807, 2.05) is 33.2 Å². The SMILES string of the molecule is Cc1ccc(N2CC[C@H]3OCC[C@]3(C(=O)N(C)C)C2)nn1. The minimum atomic E-state index is -0.436. The fraction of sp³-hybridized carbons (Fsp3) is 0.667. The minimum Gasteiger partial charge on any atom is -0.377 e. The van der Waals surface area contributed by atoms with Gasteiger partial charge in [0.15, 0.2) is 5.82 Å². The zero-order chi connectivity index (χ0) is 15.0.